The molecule has 0 saturated carbocycles. The van der Waals surface area contributed by atoms with E-state index < -0.39 is 11.2 Å². The second-order valence-electron chi connectivity index (χ2n) is 6.65. The first-order chi connectivity index (χ1) is 8.76. The number of amides is 1. The zero-order valence-electron chi connectivity index (χ0n) is 12.9. The van der Waals surface area contributed by atoms with Crippen molar-refractivity contribution < 1.29 is 14.6 Å². The molecule has 0 aromatic rings. The highest BCUT2D eigenvalue weighted by molar-refractivity contribution is 5.68. The van der Waals surface area contributed by atoms with Gasteiger partial charge in [0.1, 0.15) is 5.60 Å². The molecule has 1 rings (SSSR count). The molecule has 0 unspecified atom stereocenters. The number of carbonyl (C=O) groups excluding carboxylic acids is 1. The van der Waals surface area contributed by atoms with Gasteiger partial charge in [-0.3, -0.25) is 0 Å². The summed E-state index contributed by atoms with van der Waals surface area (Å²) in [5.74, 6) is 0. The van der Waals surface area contributed by atoms with Crippen LogP contribution in [0.2, 0.25) is 0 Å². The Kier molecular flexibility index (Phi) is 5.65. The average molecular weight is 271 g/mol. The summed E-state index contributed by atoms with van der Waals surface area (Å²) in [7, 11) is 0. The summed E-state index contributed by atoms with van der Waals surface area (Å²) < 4.78 is 5.35. The standard InChI is InChI=1S/C15H29NO3/c1-5-6-7-8-15(18)9-11-16(12-10-15)13(17)19-14(2,3)4/h18H,5-12H2,1-4H3. The van der Waals surface area contributed by atoms with E-state index in [-0.39, 0.29) is 6.09 Å². The molecule has 4 heteroatoms. The van der Waals surface area contributed by atoms with Crippen LogP contribution >= 0.6 is 0 Å². The van der Waals surface area contributed by atoms with Crippen LogP contribution in [0, 0.1) is 0 Å². The molecule has 1 N–H and O–H groups in total. The highest BCUT2D eigenvalue weighted by Gasteiger charge is 2.34. The van der Waals surface area contributed by atoms with E-state index in [2.05, 4.69) is 6.92 Å². The Morgan fingerprint density at radius 2 is 1.84 bits per heavy atom. The van der Waals surface area contributed by atoms with E-state index in [0.717, 1.165) is 19.3 Å². The van der Waals surface area contributed by atoms with Gasteiger partial charge in [-0.1, -0.05) is 26.2 Å². The van der Waals surface area contributed by atoms with Gasteiger partial charge in [0, 0.05) is 13.1 Å². The van der Waals surface area contributed by atoms with E-state index in [1.165, 1.54) is 6.42 Å². The summed E-state index contributed by atoms with van der Waals surface area (Å²) in [6, 6.07) is 0. The minimum Gasteiger partial charge on any atom is -0.444 e. The first kappa shape index (κ1) is 16.3. The molecular formula is C15H29NO3. The summed E-state index contributed by atoms with van der Waals surface area (Å²) in [5, 5.41) is 10.5. The van der Waals surface area contributed by atoms with Crippen LogP contribution < -0.4 is 0 Å². The molecule has 0 aromatic heterocycles. The Labute approximate surface area is 117 Å². The molecule has 1 aliphatic heterocycles. The predicted octanol–water partition coefficient (Wildman–Crippen LogP) is 3.33. The van der Waals surface area contributed by atoms with Crippen LogP contribution in [-0.2, 0) is 4.74 Å². The minimum absolute atomic E-state index is 0.261. The maximum atomic E-state index is 11.9. The SMILES string of the molecule is CCCCCC1(O)CCN(C(=O)OC(C)(C)C)CC1. The number of hydrogen-bond donors (Lipinski definition) is 1. The van der Waals surface area contributed by atoms with Gasteiger partial charge in [-0.05, 0) is 40.0 Å². The van der Waals surface area contributed by atoms with Gasteiger partial charge in [0.25, 0.3) is 0 Å². The number of unbranched alkanes of at least 4 members (excludes halogenated alkanes) is 2. The van der Waals surface area contributed by atoms with Gasteiger partial charge in [0.15, 0.2) is 0 Å². The van der Waals surface area contributed by atoms with Crippen molar-refractivity contribution in [2.75, 3.05) is 13.1 Å². The van der Waals surface area contributed by atoms with Crippen molar-refractivity contribution >= 4 is 6.09 Å². The molecule has 0 spiro atoms. The lowest BCUT2D eigenvalue weighted by Gasteiger charge is -2.38. The molecule has 1 saturated heterocycles. The highest BCUT2D eigenvalue weighted by atomic mass is 16.6. The molecule has 0 aliphatic carbocycles. The maximum Gasteiger partial charge on any atom is 0.410 e. The summed E-state index contributed by atoms with van der Waals surface area (Å²) in [4.78, 5) is 13.6. The summed E-state index contributed by atoms with van der Waals surface area (Å²) in [5.41, 5.74) is -1.03. The van der Waals surface area contributed by atoms with E-state index >= 15 is 0 Å². The molecule has 0 bridgehead atoms. The van der Waals surface area contributed by atoms with Gasteiger partial charge in [0.2, 0.25) is 0 Å². The normalized spacial score (nSPS) is 19.3. The second kappa shape index (κ2) is 6.60. The molecule has 4 nitrogen and oxygen atoms in total. The Hall–Kier alpha value is -0.770. The average Bonchev–Trinajstić information content (AvgIpc) is 2.27. The molecule has 0 radical (unpaired) electrons. The summed E-state index contributed by atoms with van der Waals surface area (Å²) in [6.07, 6.45) is 5.31. The van der Waals surface area contributed by atoms with Crippen molar-refractivity contribution in [3.8, 4) is 0 Å². The van der Waals surface area contributed by atoms with Crippen LogP contribution in [-0.4, -0.2) is 40.4 Å². The molecular weight excluding hydrogens is 242 g/mol. The molecule has 1 aliphatic rings. The van der Waals surface area contributed by atoms with Gasteiger partial charge >= 0.3 is 6.09 Å². The molecule has 112 valence electrons. The molecule has 1 amide bonds. The minimum atomic E-state index is -0.576. The Morgan fingerprint density at radius 1 is 1.26 bits per heavy atom. The highest BCUT2D eigenvalue weighted by Crippen LogP contribution is 2.28. The molecule has 0 aromatic carbocycles. The lowest BCUT2D eigenvalue weighted by atomic mass is 9.86. The van der Waals surface area contributed by atoms with E-state index in [4.69, 9.17) is 4.74 Å². The number of aliphatic hydroxyl groups is 1. The fraction of sp³-hybridized carbons (Fsp3) is 0.933. The summed E-state index contributed by atoms with van der Waals surface area (Å²) in [6.45, 7) is 8.96. The van der Waals surface area contributed by atoms with Gasteiger partial charge in [-0.2, -0.15) is 0 Å². The van der Waals surface area contributed by atoms with Gasteiger partial charge in [0.05, 0.1) is 5.60 Å². The number of rotatable bonds is 4. The zero-order chi connectivity index (χ0) is 14.5. The van der Waals surface area contributed by atoms with Crippen molar-refractivity contribution in [1.82, 2.24) is 4.90 Å². The predicted molar refractivity (Wildman–Crippen MR) is 76.1 cm³/mol. The number of hydrogen-bond acceptors (Lipinski definition) is 3. The first-order valence-electron chi connectivity index (χ1n) is 7.46. The van der Waals surface area contributed by atoms with E-state index in [9.17, 15) is 9.90 Å². The second-order valence-corrected chi connectivity index (χ2v) is 6.65. The van der Waals surface area contributed by atoms with E-state index in [1.54, 1.807) is 4.90 Å². The monoisotopic (exact) mass is 271 g/mol. The lowest BCUT2D eigenvalue weighted by molar-refractivity contribution is -0.0377. The van der Waals surface area contributed by atoms with Crippen LogP contribution in [0.5, 0.6) is 0 Å². The van der Waals surface area contributed by atoms with Crippen LogP contribution in [0.25, 0.3) is 0 Å². The van der Waals surface area contributed by atoms with Crippen LogP contribution in [0.3, 0.4) is 0 Å². The fourth-order valence-electron chi connectivity index (χ4n) is 2.39. The third-order valence-corrected chi connectivity index (χ3v) is 3.59. The van der Waals surface area contributed by atoms with E-state index in [1.807, 2.05) is 20.8 Å². The largest absolute Gasteiger partial charge is 0.444 e. The van der Waals surface area contributed by atoms with E-state index in [0.29, 0.717) is 25.9 Å². The van der Waals surface area contributed by atoms with Crippen molar-refractivity contribution in [3.05, 3.63) is 0 Å². The Balaban J connectivity index is 2.37. The smallest absolute Gasteiger partial charge is 0.410 e. The molecule has 1 heterocycles. The van der Waals surface area contributed by atoms with Crippen LogP contribution in [0.1, 0.15) is 66.2 Å². The number of piperidine rings is 1. The van der Waals surface area contributed by atoms with Crippen molar-refractivity contribution in [3.63, 3.8) is 0 Å². The van der Waals surface area contributed by atoms with Gasteiger partial charge in [-0.15, -0.1) is 0 Å². The van der Waals surface area contributed by atoms with Crippen LogP contribution in [0.15, 0.2) is 0 Å². The van der Waals surface area contributed by atoms with Crippen molar-refractivity contribution in [1.29, 1.82) is 0 Å². The molecule has 1 fully saturated rings. The van der Waals surface area contributed by atoms with Gasteiger partial charge in [-0.25, -0.2) is 4.79 Å². The first-order valence-corrected chi connectivity index (χ1v) is 7.46. The number of nitrogens with zero attached hydrogens (tertiary/aromatic N) is 1. The fourth-order valence-corrected chi connectivity index (χ4v) is 2.39. The zero-order valence-corrected chi connectivity index (χ0v) is 12.9. The number of carbonyl (C=O) groups is 1. The number of likely N-dealkylation sites (tertiary alicyclic amines) is 1. The van der Waals surface area contributed by atoms with Crippen molar-refractivity contribution in [2.45, 2.75) is 77.4 Å². The van der Waals surface area contributed by atoms with Crippen LogP contribution in [0.4, 0.5) is 4.79 Å². The third kappa shape index (κ3) is 5.81. The summed E-state index contributed by atoms with van der Waals surface area (Å²) >= 11 is 0. The number of ether oxygens (including phenoxy) is 1. The topological polar surface area (TPSA) is 49.8 Å². The van der Waals surface area contributed by atoms with Crippen molar-refractivity contribution in [2.24, 2.45) is 0 Å². The Bertz CT molecular complexity index is 288. The third-order valence-electron chi connectivity index (χ3n) is 3.59. The quantitative estimate of drug-likeness (QED) is 0.798. The van der Waals surface area contributed by atoms with Gasteiger partial charge < -0.3 is 14.7 Å². The maximum absolute atomic E-state index is 11.9. The molecule has 0 atom stereocenters. The Morgan fingerprint density at radius 3 is 2.32 bits per heavy atom. The lowest BCUT2D eigenvalue weighted by Crippen LogP contribution is -2.48. The molecule has 19 heavy (non-hydrogen) atoms.